The smallest absolute Gasteiger partial charge is 0.401 e. The number of halogens is 3. The minimum absolute atomic E-state index is 0.266. The van der Waals surface area contributed by atoms with Gasteiger partial charge in [-0.05, 0) is 68.1 Å². The quantitative estimate of drug-likeness (QED) is 0.628. The zero-order valence-electron chi connectivity index (χ0n) is 18.3. The first-order chi connectivity index (χ1) is 15.7. The number of likely N-dealkylation sites (tertiary alicyclic amines) is 1. The van der Waals surface area contributed by atoms with Gasteiger partial charge in [0.2, 0.25) is 5.91 Å². The highest BCUT2D eigenvalue weighted by atomic mass is 19.4. The third-order valence-electron chi connectivity index (χ3n) is 7.42. The van der Waals surface area contributed by atoms with Gasteiger partial charge in [-0.1, -0.05) is 0 Å². The number of fused-ring (bicyclic) bond motifs is 2. The van der Waals surface area contributed by atoms with Crippen LogP contribution in [0, 0.1) is 34.5 Å². The molecule has 1 saturated heterocycles. The molecule has 0 radical (unpaired) electrons. The van der Waals surface area contributed by atoms with Gasteiger partial charge in [0, 0.05) is 30.2 Å². The number of benzene rings is 1. The summed E-state index contributed by atoms with van der Waals surface area (Å²) in [4.78, 5) is 17.1. The summed E-state index contributed by atoms with van der Waals surface area (Å²) in [6, 6.07) is 7.76. The van der Waals surface area contributed by atoms with Crippen molar-refractivity contribution in [2.24, 2.45) is 23.2 Å². The van der Waals surface area contributed by atoms with E-state index in [0.717, 1.165) is 30.2 Å². The highest BCUT2D eigenvalue weighted by Gasteiger charge is 2.50. The molecule has 3 aliphatic rings. The molecule has 6 nitrogen and oxygen atoms in total. The Hall–Kier alpha value is -2.73. The number of anilines is 1. The molecule has 3 atom stereocenters. The van der Waals surface area contributed by atoms with Crippen molar-refractivity contribution in [2.75, 3.05) is 31.6 Å². The Kier molecular flexibility index (Phi) is 5.52. The fourth-order valence-corrected chi connectivity index (χ4v) is 5.53. The number of rotatable bonds is 7. The number of aromatic amines is 1. The zero-order valence-corrected chi connectivity index (χ0v) is 18.3. The van der Waals surface area contributed by atoms with E-state index in [1.54, 1.807) is 11.1 Å². The number of aromatic nitrogens is 1. The van der Waals surface area contributed by atoms with Crippen LogP contribution in [-0.4, -0.2) is 48.2 Å². The summed E-state index contributed by atoms with van der Waals surface area (Å²) in [5, 5.41) is 12.9. The van der Waals surface area contributed by atoms with Gasteiger partial charge >= 0.3 is 6.18 Å². The first-order valence-corrected chi connectivity index (χ1v) is 11.5. The van der Waals surface area contributed by atoms with Crippen molar-refractivity contribution in [1.82, 2.24) is 9.88 Å². The van der Waals surface area contributed by atoms with Crippen LogP contribution in [0.5, 0.6) is 5.75 Å². The normalized spacial score (nSPS) is 26.2. The number of carbonyl (C=O) groups is 1. The second-order valence-electron chi connectivity index (χ2n) is 9.86. The van der Waals surface area contributed by atoms with E-state index < -0.39 is 18.1 Å². The fourth-order valence-electron chi connectivity index (χ4n) is 5.53. The number of nitrogens with one attached hydrogen (secondary N) is 2. The van der Waals surface area contributed by atoms with Gasteiger partial charge in [0.25, 0.3) is 0 Å². The van der Waals surface area contributed by atoms with E-state index in [9.17, 15) is 23.2 Å². The summed E-state index contributed by atoms with van der Waals surface area (Å²) in [5.74, 6) is 1.65. The van der Waals surface area contributed by atoms with E-state index in [-0.39, 0.29) is 5.91 Å². The number of H-pyrrole nitrogens is 1. The Morgan fingerprint density at radius 3 is 2.64 bits per heavy atom. The highest BCUT2D eigenvalue weighted by Crippen LogP contribution is 2.46. The van der Waals surface area contributed by atoms with Crippen LogP contribution in [-0.2, 0) is 4.79 Å². The second-order valence-corrected chi connectivity index (χ2v) is 9.86. The third-order valence-corrected chi connectivity index (χ3v) is 7.42. The van der Waals surface area contributed by atoms with E-state index in [2.05, 4.69) is 16.4 Å². The molecule has 33 heavy (non-hydrogen) atoms. The number of alkyl halides is 3. The molecule has 3 fully saturated rings. The molecule has 2 saturated carbocycles. The summed E-state index contributed by atoms with van der Waals surface area (Å²) < 4.78 is 43.9. The Morgan fingerprint density at radius 2 is 2.00 bits per heavy atom. The van der Waals surface area contributed by atoms with Crippen LogP contribution in [0.2, 0.25) is 0 Å². The van der Waals surface area contributed by atoms with Crippen LogP contribution in [0.15, 0.2) is 24.4 Å². The third kappa shape index (κ3) is 4.67. The van der Waals surface area contributed by atoms with E-state index in [4.69, 9.17) is 4.74 Å². The number of hydrogen-bond donors (Lipinski definition) is 2. The van der Waals surface area contributed by atoms with Crippen LogP contribution < -0.4 is 10.1 Å². The van der Waals surface area contributed by atoms with Crippen molar-refractivity contribution in [1.29, 1.82) is 5.26 Å². The van der Waals surface area contributed by atoms with Crippen LogP contribution >= 0.6 is 0 Å². The highest BCUT2D eigenvalue weighted by molar-refractivity contribution is 6.05. The molecule has 1 aromatic carbocycles. The maximum absolute atomic E-state index is 12.6. The van der Waals surface area contributed by atoms with Crippen molar-refractivity contribution in [3.05, 3.63) is 24.4 Å². The SMILES string of the molecule is N#CC1(C(=O)Nc2c[nH]c3ccc(OCCC4C[C@@H]5CN(CC(F)(F)F)C[C@@H]5C4)cc23)CC1. The maximum Gasteiger partial charge on any atom is 0.401 e. The molecular formula is C24H27F3N4O2. The van der Waals surface area contributed by atoms with Gasteiger partial charge in [-0.15, -0.1) is 0 Å². The monoisotopic (exact) mass is 460 g/mol. The van der Waals surface area contributed by atoms with Gasteiger partial charge in [-0.25, -0.2) is 0 Å². The second kappa shape index (κ2) is 8.24. The van der Waals surface area contributed by atoms with Crippen LogP contribution in [0.4, 0.5) is 18.9 Å². The average Bonchev–Trinajstić information content (AvgIpc) is 3.16. The van der Waals surface area contributed by atoms with E-state index >= 15 is 0 Å². The van der Waals surface area contributed by atoms with Crippen molar-refractivity contribution < 1.29 is 22.7 Å². The van der Waals surface area contributed by atoms with Crippen molar-refractivity contribution in [2.45, 2.75) is 38.3 Å². The van der Waals surface area contributed by atoms with Crippen molar-refractivity contribution in [3.8, 4) is 11.8 Å². The van der Waals surface area contributed by atoms with E-state index in [0.29, 0.717) is 61.7 Å². The number of nitriles is 1. The summed E-state index contributed by atoms with van der Waals surface area (Å²) >= 11 is 0. The van der Waals surface area contributed by atoms with Crippen LogP contribution in [0.1, 0.15) is 32.1 Å². The fraction of sp³-hybridized carbons (Fsp3) is 0.583. The minimum Gasteiger partial charge on any atom is -0.494 e. The van der Waals surface area contributed by atoms with Gasteiger partial charge in [0.05, 0.1) is 24.9 Å². The summed E-state index contributed by atoms with van der Waals surface area (Å²) in [7, 11) is 0. The van der Waals surface area contributed by atoms with Crippen molar-refractivity contribution in [3.63, 3.8) is 0 Å². The molecule has 2 N–H and O–H groups in total. The molecular weight excluding hydrogens is 433 g/mol. The van der Waals surface area contributed by atoms with Gasteiger partial charge in [0.15, 0.2) is 0 Å². The topological polar surface area (TPSA) is 81.2 Å². The van der Waals surface area contributed by atoms with Gasteiger partial charge in [-0.2, -0.15) is 18.4 Å². The summed E-state index contributed by atoms with van der Waals surface area (Å²) in [6.07, 6.45) is 1.60. The molecule has 1 aromatic heterocycles. The lowest BCUT2D eigenvalue weighted by Crippen LogP contribution is -2.33. The zero-order chi connectivity index (χ0) is 23.2. The standard InChI is InChI=1S/C24H27F3N4O2/c25-24(26,27)14-31-11-16-7-15(8-17(16)12-31)3-6-33-18-1-2-20-19(9-18)21(10-29-20)30-22(32)23(13-28)4-5-23/h1-2,9-10,15-17,29H,3-8,11-12,14H2,(H,30,32)/t15?,16-,17+. The average molecular weight is 461 g/mol. The molecule has 2 aliphatic carbocycles. The molecule has 1 aliphatic heterocycles. The Bertz CT molecular complexity index is 1070. The van der Waals surface area contributed by atoms with Gasteiger partial charge < -0.3 is 15.0 Å². The molecule has 1 amide bonds. The minimum atomic E-state index is -4.12. The Balaban J connectivity index is 1.12. The van der Waals surface area contributed by atoms with Crippen LogP contribution in [0.3, 0.4) is 0 Å². The molecule has 9 heteroatoms. The Morgan fingerprint density at radius 1 is 1.27 bits per heavy atom. The molecule has 2 heterocycles. The Labute approximate surface area is 190 Å². The molecule has 0 spiro atoms. The number of amides is 1. The first-order valence-electron chi connectivity index (χ1n) is 11.5. The predicted molar refractivity (Wildman–Crippen MR) is 117 cm³/mol. The number of carbonyl (C=O) groups excluding carboxylic acids is 1. The van der Waals surface area contributed by atoms with E-state index in [1.807, 2.05) is 18.2 Å². The molecule has 5 rings (SSSR count). The largest absolute Gasteiger partial charge is 0.494 e. The van der Waals surface area contributed by atoms with Crippen molar-refractivity contribution >= 4 is 22.5 Å². The lowest BCUT2D eigenvalue weighted by Gasteiger charge is -2.20. The van der Waals surface area contributed by atoms with Gasteiger partial charge in [0.1, 0.15) is 11.2 Å². The van der Waals surface area contributed by atoms with Crippen LogP contribution in [0.25, 0.3) is 10.9 Å². The lowest BCUT2D eigenvalue weighted by molar-refractivity contribution is -0.144. The molecule has 0 bridgehead atoms. The van der Waals surface area contributed by atoms with E-state index in [1.165, 1.54) is 0 Å². The maximum atomic E-state index is 12.6. The van der Waals surface area contributed by atoms with Gasteiger partial charge in [-0.3, -0.25) is 9.69 Å². The predicted octanol–water partition coefficient (Wildman–Crippen LogP) is 4.70. The number of nitrogens with zero attached hydrogens (tertiary/aromatic N) is 2. The molecule has 2 aromatic rings. The number of ether oxygens (including phenoxy) is 1. The first kappa shape index (κ1) is 22.1. The molecule has 1 unspecified atom stereocenters. The number of hydrogen-bond acceptors (Lipinski definition) is 4. The molecule has 176 valence electrons. The summed E-state index contributed by atoms with van der Waals surface area (Å²) in [6.45, 7) is 0.849. The summed E-state index contributed by atoms with van der Waals surface area (Å²) in [5.41, 5.74) is 0.613. The lowest BCUT2D eigenvalue weighted by atomic mass is 10.0.